The summed E-state index contributed by atoms with van der Waals surface area (Å²) >= 11 is 0. The van der Waals surface area contributed by atoms with Gasteiger partial charge in [0.2, 0.25) is 0 Å². The molecule has 6 aliphatic heterocycles. The monoisotopic (exact) mass is 940 g/mol. The first-order chi connectivity index (χ1) is 31.0. The second-order valence-electron chi connectivity index (χ2n) is 17.9. The van der Waals surface area contributed by atoms with Crippen LogP contribution >= 0.6 is 0 Å². The molecule has 0 aromatic carbocycles. The third-order valence-corrected chi connectivity index (χ3v) is 13.5. The second kappa shape index (κ2) is 24.0. The third kappa shape index (κ3) is 12.7. The Morgan fingerprint density at radius 2 is 0.723 bits per heavy atom. The van der Waals surface area contributed by atoms with Crippen molar-refractivity contribution in [1.29, 1.82) is 0 Å². The molecule has 0 spiro atoms. The molecule has 0 bridgehead atoms. The van der Waals surface area contributed by atoms with E-state index in [1.807, 2.05) is 34.6 Å². The summed E-state index contributed by atoms with van der Waals surface area (Å²) in [5.41, 5.74) is 0. The van der Waals surface area contributed by atoms with E-state index >= 15 is 0 Å². The largest absolute Gasteiger partial charge is 0.454 e. The van der Waals surface area contributed by atoms with Gasteiger partial charge in [-0.1, -0.05) is 0 Å². The lowest BCUT2D eigenvalue weighted by Crippen LogP contribution is -2.62. The molecule has 378 valence electrons. The highest BCUT2D eigenvalue weighted by Crippen LogP contribution is 2.38. The van der Waals surface area contributed by atoms with E-state index in [0.717, 1.165) is 0 Å². The Hall–Kier alpha value is -1.29. The molecule has 0 aromatic heterocycles. The molecular formula is C44H76O21. The zero-order chi connectivity index (χ0) is 47.3. The molecule has 2 N–H and O–H groups in total. The molecule has 6 rings (SSSR count). The van der Waals surface area contributed by atoms with Crippen molar-refractivity contribution in [2.75, 3.05) is 42.7 Å². The molecule has 0 amide bonds. The number of hydrogen-bond acceptors (Lipinski definition) is 21. The molecule has 6 aliphatic rings. The average molecular weight is 941 g/mol. The highest BCUT2D eigenvalue weighted by atomic mass is 16.8. The lowest BCUT2D eigenvalue weighted by atomic mass is 9.97. The van der Waals surface area contributed by atoms with Gasteiger partial charge in [0, 0.05) is 81.7 Å². The summed E-state index contributed by atoms with van der Waals surface area (Å²) in [6.45, 7) is 12.3. The standard InChI is InChI=1S/C44H76O21/c1-19-36(47)42(53-13)43(60-25(7)45)44(59-19)65-41-24(6)58-35(18-30(41)52-12)64-40-23(5)57-34(17-29(40)51-11)63-39-22(4)56-33(16-28(39)50-10)62-38-21(3)55-32(15-27(38)49-9)61-37-20(2)54-31(46)14-26(37)48-8/h19-24,26-44,46-47H,14-18H2,1-13H3/t19-,20-,21-,22-,23-,24-,26+,27+,28+,29+,30+,31?,32+,33+,34+,35+,36+,37-,38-,39-,40-,41-,42+,43-,44+/m1/s1. The van der Waals surface area contributed by atoms with Crippen molar-refractivity contribution in [3.8, 4) is 0 Å². The summed E-state index contributed by atoms with van der Waals surface area (Å²) in [5, 5.41) is 20.8. The van der Waals surface area contributed by atoms with Gasteiger partial charge in [-0.2, -0.15) is 0 Å². The molecular weight excluding hydrogens is 864 g/mol. The van der Waals surface area contributed by atoms with Gasteiger partial charge in [-0.05, 0) is 41.5 Å². The summed E-state index contributed by atoms with van der Waals surface area (Å²) in [5.74, 6) is -0.571. The van der Waals surface area contributed by atoms with Crippen molar-refractivity contribution in [2.45, 2.75) is 234 Å². The van der Waals surface area contributed by atoms with Crippen molar-refractivity contribution in [2.24, 2.45) is 0 Å². The molecule has 25 atom stereocenters. The lowest BCUT2D eigenvalue weighted by molar-refractivity contribution is -0.359. The summed E-state index contributed by atoms with van der Waals surface area (Å²) in [7, 11) is 9.46. The quantitative estimate of drug-likeness (QED) is 0.198. The summed E-state index contributed by atoms with van der Waals surface area (Å²) in [6.07, 6.45) is -13.6. The number of ether oxygens (including phenoxy) is 18. The van der Waals surface area contributed by atoms with Crippen LogP contribution < -0.4 is 0 Å². The molecule has 65 heavy (non-hydrogen) atoms. The fraction of sp³-hybridized carbons (Fsp3) is 0.977. The van der Waals surface area contributed by atoms with E-state index in [0.29, 0.717) is 25.7 Å². The van der Waals surface area contributed by atoms with E-state index in [9.17, 15) is 15.0 Å². The van der Waals surface area contributed by atoms with Crippen LogP contribution in [-0.2, 0) is 90.1 Å². The van der Waals surface area contributed by atoms with Crippen LogP contribution in [0.4, 0.5) is 0 Å². The number of hydrogen-bond donors (Lipinski definition) is 2. The van der Waals surface area contributed by atoms with Gasteiger partial charge in [-0.15, -0.1) is 0 Å². The van der Waals surface area contributed by atoms with Crippen LogP contribution in [0.1, 0.15) is 80.6 Å². The van der Waals surface area contributed by atoms with Gasteiger partial charge >= 0.3 is 5.97 Å². The molecule has 0 aliphatic carbocycles. The Balaban J connectivity index is 1.01. The van der Waals surface area contributed by atoms with Gasteiger partial charge in [-0.3, -0.25) is 4.79 Å². The Morgan fingerprint density at radius 1 is 0.400 bits per heavy atom. The maximum Gasteiger partial charge on any atom is 0.303 e. The number of rotatable bonds is 17. The van der Waals surface area contributed by atoms with Crippen molar-refractivity contribution < 1.29 is 100 Å². The Labute approximate surface area is 382 Å². The zero-order valence-electron chi connectivity index (χ0n) is 40.1. The molecule has 0 aromatic rings. The number of carbonyl (C=O) groups is 1. The minimum Gasteiger partial charge on any atom is -0.454 e. The van der Waals surface area contributed by atoms with Crippen LogP contribution in [-0.4, -0.2) is 213 Å². The predicted octanol–water partition coefficient (Wildman–Crippen LogP) is 1.71. The van der Waals surface area contributed by atoms with E-state index in [1.165, 1.54) is 14.0 Å². The normalized spacial score (nSPS) is 48.8. The van der Waals surface area contributed by atoms with Crippen LogP contribution in [0.2, 0.25) is 0 Å². The highest BCUT2D eigenvalue weighted by molar-refractivity contribution is 5.66. The number of aliphatic hydroxyl groups is 2. The first kappa shape index (κ1) is 53.1. The van der Waals surface area contributed by atoms with Crippen molar-refractivity contribution in [1.82, 2.24) is 0 Å². The summed E-state index contributed by atoms with van der Waals surface area (Å²) in [6, 6.07) is 0. The van der Waals surface area contributed by atoms with E-state index < -0.39 is 147 Å². The van der Waals surface area contributed by atoms with Gasteiger partial charge in [0.15, 0.2) is 43.8 Å². The van der Waals surface area contributed by atoms with Crippen molar-refractivity contribution in [3.63, 3.8) is 0 Å². The maximum atomic E-state index is 12.0. The fourth-order valence-corrected chi connectivity index (χ4v) is 10.0. The molecule has 0 radical (unpaired) electrons. The first-order valence-corrected chi connectivity index (χ1v) is 22.9. The van der Waals surface area contributed by atoms with Crippen LogP contribution in [0.5, 0.6) is 0 Å². The van der Waals surface area contributed by atoms with Gasteiger partial charge in [0.1, 0.15) is 42.7 Å². The minimum atomic E-state index is -1.06. The van der Waals surface area contributed by atoms with E-state index in [1.54, 1.807) is 42.5 Å². The van der Waals surface area contributed by atoms with Crippen LogP contribution in [0.3, 0.4) is 0 Å². The van der Waals surface area contributed by atoms with Crippen LogP contribution in [0.15, 0.2) is 0 Å². The Kier molecular flexibility index (Phi) is 19.6. The average Bonchev–Trinajstić information content (AvgIpc) is 3.26. The van der Waals surface area contributed by atoms with E-state index in [4.69, 9.17) is 85.3 Å². The van der Waals surface area contributed by atoms with Crippen LogP contribution in [0.25, 0.3) is 0 Å². The van der Waals surface area contributed by atoms with Gasteiger partial charge in [0.05, 0.1) is 67.1 Å². The molecule has 6 saturated heterocycles. The topological polar surface area (TPSA) is 224 Å². The second-order valence-corrected chi connectivity index (χ2v) is 17.9. The van der Waals surface area contributed by atoms with Crippen molar-refractivity contribution >= 4 is 5.97 Å². The SMILES string of the molecule is CO[C@H]1[C@@H](O)[C@@H](C)O[C@@H](O[C@H]2[C@@H](OC)C[C@H](O[C@H]3[C@@H](OC)C[C@H](O[C@H]4[C@@H](OC)C[C@H](O[C@H]5[C@@H](OC)C[C@H](O[C@H]6[C@@H](OC)CC(O)O[C@@H]6C)O[C@@H]5C)O[C@@H]4C)O[C@@H]3C)O[C@@H]2C)[C@@H]1OC(C)=O. The highest BCUT2D eigenvalue weighted by Gasteiger charge is 2.52. The molecule has 21 nitrogen and oxygen atoms in total. The van der Waals surface area contributed by atoms with Crippen LogP contribution in [0, 0.1) is 0 Å². The molecule has 6 fully saturated rings. The van der Waals surface area contributed by atoms with Crippen molar-refractivity contribution in [3.05, 3.63) is 0 Å². The molecule has 21 heteroatoms. The molecule has 0 saturated carbocycles. The lowest BCUT2D eigenvalue weighted by Gasteiger charge is -2.48. The predicted molar refractivity (Wildman–Crippen MR) is 222 cm³/mol. The Morgan fingerprint density at radius 3 is 1.05 bits per heavy atom. The van der Waals surface area contributed by atoms with E-state index in [-0.39, 0.29) is 18.6 Å². The summed E-state index contributed by atoms with van der Waals surface area (Å²) in [4.78, 5) is 12.0. The van der Waals surface area contributed by atoms with Gasteiger partial charge in [0.25, 0.3) is 0 Å². The number of carbonyl (C=O) groups excluding carboxylic acids is 1. The molecule has 6 heterocycles. The number of methoxy groups -OCH3 is 6. The van der Waals surface area contributed by atoms with Gasteiger partial charge in [-0.25, -0.2) is 0 Å². The molecule has 1 unspecified atom stereocenters. The minimum absolute atomic E-state index is 0.290. The summed E-state index contributed by atoms with van der Waals surface area (Å²) < 4.78 is 110. The van der Waals surface area contributed by atoms with E-state index in [2.05, 4.69) is 0 Å². The zero-order valence-corrected chi connectivity index (χ0v) is 40.1. The number of aliphatic hydroxyl groups excluding tert-OH is 2. The van der Waals surface area contributed by atoms with Gasteiger partial charge < -0.3 is 95.5 Å². The number of esters is 1. The smallest absolute Gasteiger partial charge is 0.303 e. The maximum absolute atomic E-state index is 12.0. The fourth-order valence-electron chi connectivity index (χ4n) is 10.0. The Bertz CT molecular complexity index is 1450. The third-order valence-electron chi connectivity index (χ3n) is 13.5. The first-order valence-electron chi connectivity index (χ1n) is 22.9.